The summed E-state index contributed by atoms with van der Waals surface area (Å²) < 4.78 is 105. The molecule has 5 aliphatic rings. The molecule has 2 unspecified atom stereocenters. The standard InChI is InChI=1S/C85H111ClF3N11O11S4/c1-57-50-97(51-58(2)100(57)77(103)20-15-10-9-14-19-76(102)93-79(83(5,6)7)82(106)99-53-69(101)47-74(99)81(105)91-59(3)61-21-23-63(24-22-61)78-60(4)90-56-113-78)55-84(8)37-35-72(62-25-29-66(86)30-26-62)65(49-84)52-96-40-42-98(43-41-96)68-31-27-64(28-32-68)80(104)94-115(109,110)71-33-34-73(75(48-71)114(107,108)85(87,88)89)92-67(54-112-70-17-12-11-13-18-70)36-39-95-38-16-45-111-46-44-95/h11-13,17-18,21-34,48,56-59,67,69,74,79,92,101H,9-10,14-16,19-20,35-47,49-55H2,1-8H3,(H,91,105)(H,93,102)(H,94,104)/t57?,58?,59-,67+,69+,74-,79+,84+/m0/s1. The number of aliphatic hydroxyl groups is 1. The highest BCUT2D eigenvalue weighted by atomic mass is 35.5. The smallest absolute Gasteiger partial charge is 0.391 e. The summed E-state index contributed by atoms with van der Waals surface area (Å²) in [4.78, 5) is 86.6. The predicted octanol–water partition coefficient (Wildman–Crippen LogP) is 13.3. The Morgan fingerprint density at radius 3 is 2.12 bits per heavy atom. The summed E-state index contributed by atoms with van der Waals surface area (Å²) in [6.07, 6.45) is 6.47. The lowest BCUT2D eigenvalue weighted by Gasteiger charge is -2.48. The Balaban J connectivity index is 0.635. The number of carbonyl (C=O) groups is 5. The van der Waals surface area contributed by atoms with Crippen molar-refractivity contribution in [2.24, 2.45) is 10.8 Å². The van der Waals surface area contributed by atoms with Gasteiger partial charge >= 0.3 is 5.51 Å². The van der Waals surface area contributed by atoms with E-state index in [0.29, 0.717) is 81.9 Å². The van der Waals surface area contributed by atoms with Gasteiger partial charge in [0.1, 0.15) is 17.0 Å². The van der Waals surface area contributed by atoms with Crippen molar-refractivity contribution in [3.63, 3.8) is 0 Å². The number of likely N-dealkylation sites (tertiary alicyclic amines) is 1. The third-order valence-electron chi connectivity index (χ3n) is 22.8. The average Bonchev–Trinajstić information content (AvgIpc) is 1.34. The molecule has 624 valence electrons. The average molecular weight is 1680 g/mol. The number of nitrogens with zero attached hydrogens (tertiary/aromatic N) is 7. The van der Waals surface area contributed by atoms with Crippen molar-refractivity contribution < 1.29 is 63.8 Å². The minimum absolute atomic E-state index is 0.00522. The summed E-state index contributed by atoms with van der Waals surface area (Å²) in [6, 6.07) is 31.4. The molecule has 1 aliphatic carbocycles. The Labute approximate surface area is 689 Å². The van der Waals surface area contributed by atoms with Crippen molar-refractivity contribution in [2.75, 3.05) is 108 Å². The van der Waals surface area contributed by atoms with E-state index in [-0.39, 0.29) is 66.2 Å². The number of hydrogen-bond acceptors (Lipinski definition) is 19. The van der Waals surface area contributed by atoms with Gasteiger partial charge in [0.25, 0.3) is 25.8 Å². The first-order valence-electron chi connectivity index (χ1n) is 40.1. The van der Waals surface area contributed by atoms with E-state index in [1.807, 2.05) is 112 Å². The zero-order valence-corrected chi connectivity index (χ0v) is 71.1. The summed E-state index contributed by atoms with van der Waals surface area (Å²) in [5.74, 6) is -1.65. The molecule has 22 nitrogen and oxygen atoms in total. The van der Waals surface area contributed by atoms with Crippen molar-refractivity contribution >= 4 is 101 Å². The van der Waals surface area contributed by atoms with E-state index in [9.17, 15) is 59.1 Å². The number of unbranched alkanes of at least 4 members (excludes halogenated alkanes) is 3. The Morgan fingerprint density at radius 2 is 1.46 bits per heavy atom. The number of alkyl halides is 3. The minimum Gasteiger partial charge on any atom is -0.391 e. The first-order valence-corrected chi connectivity index (χ1v) is 45.3. The van der Waals surface area contributed by atoms with Crippen LogP contribution < -0.4 is 25.6 Å². The second kappa shape index (κ2) is 39.0. The number of hydrogen-bond donors (Lipinski definition) is 5. The SMILES string of the molecule is Cc1ncsc1-c1ccc([C@H](C)NC(=O)[C@@H]2C[C@@H](O)CN2C(=O)[C@@H](NC(=O)CCCCCCC(=O)N2C(C)CN(C[C@]3(C)CCC(c4ccc(Cl)cc4)=C(CN4CCN(c5ccc(C(=O)NS(=O)(=O)c6ccc(N[C@H](CCN7CCCOCC7)CSc7ccccc7)c(S(=O)(=O)C(F)(F)F)c6)cc5)CC4)C3)CC2C)C(C)(C)C)cc1. The molecule has 0 spiro atoms. The van der Waals surface area contributed by atoms with E-state index >= 15 is 0 Å². The van der Waals surface area contributed by atoms with Crippen LogP contribution in [-0.4, -0.2) is 220 Å². The topological polar surface area (TPSA) is 264 Å². The number of thioether (sulfide) groups is 1. The van der Waals surface area contributed by atoms with Gasteiger partial charge in [-0.15, -0.1) is 23.1 Å². The number of thiazole rings is 1. The molecule has 8 atom stereocenters. The maximum Gasteiger partial charge on any atom is 0.501 e. The van der Waals surface area contributed by atoms with Gasteiger partial charge in [0, 0.05) is 149 Å². The number of benzene rings is 5. The number of aromatic nitrogens is 1. The molecular weight excluding hydrogens is 1570 g/mol. The van der Waals surface area contributed by atoms with Gasteiger partial charge in [0.05, 0.1) is 45.4 Å². The number of rotatable bonds is 31. The molecule has 115 heavy (non-hydrogen) atoms. The highest BCUT2D eigenvalue weighted by Crippen LogP contribution is 2.45. The van der Waals surface area contributed by atoms with Crippen LogP contribution in [0.1, 0.15) is 159 Å². The van der Waals surface area contributed by atoms with Gasteiger partial charge in [-0.25, -0.2) is 26.5 Å². The Bertz CT molecular complexity index is 4590. The van der Waals surface area contributed by atoms with Crippen molar-refractivity contribution in [2.45, 2.75) is 195 Å². The number of nitrogens with one attached hydrogen (secondary N) is 4. The predicted molar refractivity (Wildman–Crippen MR) is 447 cm³/mol. The monoisotopic (exact) mass is 1680 g/mol. The van der Waals surface area contributed by atoms with Crippen LogP contribution in [0.15, 0.2) is 147 Å². The number of piperazine rings is 2. The van der Waals surface area contributed by atoms with Crippen LogP contribution in [0.2, 0.25) is 5.02 Å². The quantitative estimate of drug-likeness (QED) is 0.0200. The molecule has 0 radical (unpaired) electrons. The molecule has 5 amide bonds. The van der Waals surface area contributed by atoms with E-state index < -0.39 is 82.3 Å². The fraction of sp³-hybridized carbons (Fsp3) is 0.529. The molecule has 30 heteroatoms. The Morgan fingerprint density at radius 1 is 0.783 bits per heavy atom. The van der Waals surface area contributed by atoms with Gasteiger partial charge in [0.2, 0.25) is 23.6 Å². The van der Waals surface area contributed by atoms with Gasteiger partial charge < -0.3 is 45.4 Å². The highest BCUT2D eigenvalue weighted by Gasteiger charge is 2.49. The molecule has 11 rings (SSSR count). The summed E-state index contributed by atoms with van der Waals surface area (Å²) >= 11 is 9.43. The highest BCUT2D eigenvalue weighted by molar-refractivity contribution is 7.99. The van der Waals surface area contributed by atoms with Gasteiger partial charge in [-0.3, -0.25) is 33.8 Å². The zero-order valence-electron chi connectivity index (χ0n) is 67.1. The summed E-state index contributed by atoms with van der Waals surface area (Å²) in [7, 11) is -11.0. The number of ether oxygens (including phenoxy) is 1. The molecule has 4 saturated heterocycles. The number of sulfonamides is 1. The number of anilines is 2. The van der Waals surface area contributed by atoms with Gasteiger partial charge in [-0.05, 0) is 172 Å². The molecule has 4 fully saturated rings. The van der Waals surface area contributed by atoms with E-state index in [4.69, 9.17) is 16.3 Å². The van der Waals surface area contributed by atoms with Crippen molar-refractivity contribution in [1.29, 1.82) is 0 Å². The van der Waals surface area contributed by atoms with E-state index in [1.54, 1.807) is 23.5 Å². The third-order valence-corrected chi connectivity index (χ3v) is 28.0. The molecule has 0 bridgehead atoms. The molecule has 5 heterocycles. The van der Waals surface area contributed by atoms with Crippen LogP contribution in [0.5, 0.6) is 0 Å². The molecule has 1 aromatic heterocycles. The largest absolute Gasteiger partial charge is 0.501 e. The van der Waals surface area contributed by atoms with Crippen LogP contribution in [0.25, 0.3) is 16.0 Å². The summed E-state index contributed by atoms with van der Waals surface area (Å²) in [5, 5.41) is 20.5. The van der Waals surface area contributed by atoms with Crippen molar-refractivity contribution in [3.8, 4) is 10.4 Å². The molecule has 5 N–H and O–H groups in total. The van der Waals surface area contributed by atoms with E-state index in [0.717, 1.165) is 134 Å². The lowest BCUT2D eigenvalue weighted by Crippen LogP contribution is -2.60. The summed E-state index contributed by atoms with van der Waals surface area (Å²) in [6.45, 7) is 25.0. The number of aliphatic hydroxyl groups excluding tert-OH is 1. The number of carbonyl (C=O) groups excluding carboxylic acids is 5. The minimum atomic E-state index is -6.12. The van der Waals surface area contributed by atoms with Crippen LogP contribution in [0, 0.1) is 17.8 Å². The normalized spacial score (nSPS) is 21.3. The van der Waals surface area contributed by atoms with Gasteiger partial charge in [0.15, 0.2) is 0 Å². The fourth-order valence-electron chi connectivity index (χ4n) is 16.6. The second-order valence-electron chi connectivity index (χ2n) is 33.0. The molecule has 5 aromatic carbocycles. The first-order chi connectivity index (χ1) is 54.6. The molecule has 0 saturated carbocycles. The van der Waals surface area contributed by atoms with E-state index in [2.05, 4.69) is 78.3 Å². The number of β-amino-alcohol motifs (C(OH)–C–C–N with tert-alkyl or cyclic N) is 1. The van der Waals surface area contributed by atoms with Gasteiger partial charge in [-0.2, -0.15) is 13.2 Å². The molecule has 4 aliphatic heterocycles. The van der Waals surface area contributed by atoms with Crippen molar-refractivity contribution in [1.82, 2.24) is 44.8 Å². The third kappa shape index (κ3) is 23.3. The van der Waals surface area contributed by atoms with Gasteiger partial charge in [-0.1, -0.05) is 112 Å². The number of allylic oxidation sites excluding steroid dienone is 1. The lowest BCUT2D eigenvalue weighted by molar-refractivity contribution is -0.144. The zero-order chi connectivity index (χ0) is 82.6. The lowest BCUT2D eigenvalue weighted by atomic mass is 9.71. The Kier molecular flexibility index (Phi) is 29.9. The van der Waals surface area contributed by atoms with Crippen LogP contribution in [0.4, 0.5) is 24.5 Å². The fourth-order valence-corrected chi connectivity index (χ4v) is 20.6. The number of sulfone groups is 1. The van der Waals surface area contributed by atoms with Crippen molar-refractivity contribution in [3.05, 3.63) is 160 Å². The van der Waals surface area contributed by atoms with E-state index in [1.165, 1.54) is 39.9 Å². The van der Waals surface area contributed by atoms with Crippen LogP contribution >= 0.6 is 34.7 Å². The summed E-state index contributed by atoms with van der Waals surface area (Å²) in [5.41, 5.74) is 2.32. The number of amides is 5. The number of halogens is 4. The Hall–Kier alpha value is -7.45. The molecule has 6 aromatic rings. The molecular formula is C85H111ClF3N11O11S4. The number of aryl methyl sites for hydroxylation is 1. The van der Waals surface area contributed by atoms with Crippen LogP contribution in [-0.2, 0) is 43.8 Å². The first kappa shape index (κ1) is 88.4. The maximum absolute atomic E-state index is 14.5. The maximum atomic E-state index is 14.5. The van der Waals surface area contributed by atoms with Crippen LogP contribution in [0.3, 0.4) is 0 Å². The second-order valence-corrected chi connectivity index (χ2v) is 39.0.